The summed E-state index contributed by atoms with van der Waals surface area (Å²) >= 11 is 0. The fraction of sp³-hybridized carbons (Fsp3) is 0.111. The van der Waals surface area contributed by atoms with E-state index in [2.05, 4.69) is 5.32 Å². The molecule has 1 aromatic rings. The second kappa shape index (κ2) is 4.85. The van der Waals surface area contributed by atoms with Crippen molar-refractivity contribution >= 4 is 17.7 Å². The molecule has 0 aliphatic heterocycles. The average Bonchev–Trinajstić information content (AvgIpc) is 2.16. The smallest absolute Gasteiger partial charge is 0.341 e. The van der Waals surface area contributed by atoms with Crippen molar-refractivity contribution in [1.29, 1.82) is 0 Å². The Labute approximate surface area is 85.6 Å². The number of carboxylic acids is 1. The topological polar surface area (TPSA) is 102 Å². The standard InChI is InChI=1S/C9H10N2O4/c10-9(14)11-6-1-3-7(4-2-6)15-5-8(12)13/h1-4H,5H2,(H,12,13)(H3,10,11,14). The molecule has 0 unspecified atom stereocenters. The number of carbonyl (C=O) groups is 2. The first-order chi connectivity index (χ1) is 7.08. The van der Waals surface area contributed by atoms with Crippen LogP contribution in [0.15, 0.2) is 24.3 Å². The summed E-state index contributed by atoms with van der Waals surface area (Å²) in [5, 5.41) is 10.7. The number of carbonyl (C=O) groups excluding carboxylic acids is 1. The number of amides is 2. The number of ether oxygens (including phenoxy) is 1. The second-order valence-electron chi connectivity index (χ2n) is 2.70. The molecule has 0 saturated carbocycles. The zero-order valence-electron chi connectivity index (χ0n) is 7.77. The van der Waals surface area contributed by atoms with Crippen LogP contribution >= 0.6 is 0 Å². The van der Waals surface area contributed by atoms with Crippen LogP contribution in [0.2, 0.25) is 0 Å². The van der Waals surface area contributed by atoms with Gasteiger partial charge < -0.3 is 20.9 Å². The van der Waals surface area contributed by atoms with Gasteiger partial charge in [-0.2, -0.15) is 0 Å². The Morgan fingerprint density at radius 3 is 2.40 bits per heavy atom. The summed E-state index contributed by atoms with van der Waals surface area (Å²) in [6.45, 7) is -0.400. The highest BCUT2D eigenvalue weighted by molar-refractivity contribution is 5.87. The normalized spacial score (nSPS) is 9.33. The molecule has 2 amide bonds. The van der Waals surface area contributed by atoms with Gasteiger partial charge in [0.2, 0.25) is 0 Å². The number of urea groups is 1. The third kappa shape index (κ3) is 3.99. The number of benzene rings is 1. The van der Waals surface area contributed by atoms with Crippen LogP contribution in [0.1, 0.15) is 0 Å². The molecule has 1 aromatic carbocycles. The first kappa shape index (κ1) is 10.8. The SMILES string of the molecule is NC(=O)Nc1ccc(OCC(=O)O)cc1. The molecule has 0 bridgehead atoms. The molecule has 0 radical (unpaired) electrons. The van der Waals surface area contributed by atoms with Crippen molar-refractivity contribution in [3.63, 3.8) is 0 Å². The van der Waals surface area contributed by atoms with Crippen molar-refractivity contribution in [3.8, 4) is 5.75 Å². The fourth-order valence-corrected chi connectivity index (χ4v) is 0.922. The number of rotatable bonds is 4. The molecule has 0 aliphatic carbocycles. The molecule has 0 fully saturated rings. The molecular formula is C9H10N2O4. The minimum atomic E-state index is -1.05. The van der Waals surface area contributed by atoms with E-state index in [9.17, 15) is 9.59 Å². The Balaban J connectivity index is 2.56. The van der Waals surface area contributed by atoms with E-state index < -0.39 is 18.6 Å². The van der Waals surface area contributed by atoms with Crippen LogP contribution < -0.4 is 15.8 Å². The summed E-state index contributed by atoms with van der Waals surface area (Å²) in [5.41, 5.74) is 5.42. The Hall–Kier alpha value is -2.24. The number of nitrogens with one attached hydrogen (secondary N) is 1. The Bertz CT molecular complexity index is 361. The summed E-state index contributed by atoms with van der Waals surface area (Å²) in [5.74, 6) is -0.637. The minimum Gasteiger partial charge on any atom is -0.482 e. The summed E-state index contributed by atoms with van der Waals surface area (Å²) in [6, 6.07) is 5.53. The molecule has 0 aromatic heterocycles. The molecule has 6 nitrogen and oxygen atoms in total. The largest absolute Gasteiger partial charge is 0.482 e. The van der Waals surface area contributed by atoms with Gasteiger partial charge in [0.05, 0.1) is 0 Å². The van der Waals surface area contributed by atoms with Gasteiger partial charge in [-0.15, -0.1) is 0 Å². The van der Waals surface area contributed by atoms with Gasteiger partial charge in [0, 0.05) is 5.69 Å². The van der Waals surface area contributed by atoms with Crippen molar-refractivity contribution in [2.24, 2.45) is 5.73 Å². The van der Waals surface area contributed by atoms with E-state index >= 15 is 0 Å². The van der Waals surface area contributed by atoms with Crippen molar-refractivity contribution < 1.29 is 19.4 Å². The zero-order chi connectivity index (χ0) is 11.3. The first-order valence-electron chi connectivity index (χ1n) is 4.09. The fourth-order valence-electron chi connectivity index (χ4n) is 0.922. The summed E-state index contributed by atoms with van der Waals surface area (Å²) in [6.07, 6.45) is 0. The van der Waals surface area contributed by atoms with Crippen molar-refractivity contribution in [2.45, 2.75) is 0 Å². The highest BCUT2D eigenvalue weighted by Crippen LogP contribution is 2.15. The number of carboxylic acid groups (broad SMARTS) is 1. The van der Waals surface area contributed by atoms with Crippen LogP contribution in [0.3, 0.4) is 0 Å². The van der Waals surface area contributed by atoms with Gasteiger partial charge in [-0.05, 0) is 24.3 Å². The van der Waals surface area contributed by atoms with Crippen LogP contribution in [0.4, 0.5) is 10.5 Å². The Morgan fingerprint density at radius 2 is 1.93 bits per heavy atom. The highest BCUT2D eigenvalue weighted by Gasteiger charge is 2.00. The number of anilines is 1. The lowest BCUT2D eigenvalue weighted by atomic mass is 10.3. The average molecular weight is 210 g/mol. The molecule has 80 valence electrons. The maximum atomic E-state index is 10.5. The van der Waals surface area contributed by atoms with Gasteiger partial charge in [-0.25, -0.2) is 9.59 Å². The lowest BCUT2D eigenvalue weighted by Gasteiger charge is -2.04. The van der Waals surface area contributed by atoms with E-state index in [1.54, 1.807) is 12.1 Å². The Morgan fingerprint density at radius 1 is 1.33 bits per heavy atom. The van der Waals surface area contributed by atoms with Crippen LogP contribution in [-0.2, 0) is 4.79 Å². The zero-order valence-corrected chi connectivity index (χ0v) is 7.77. The molecule has 0 saturated heterocycles. The molecule has 0 aliphatic rings. The maximum Gasteiger partial charge on any atom is 0.341 e. The van der Waals surface area contributed by atoms with Crippen LogP contribution in [0.5, 0.6) is 5.75 Å². The van der Waals surface area contributed by atoms with Crippen LogP contribution in [-0.4, -0.2) is 23.7 Å². The maximum absolute atomic E-state index is 10.5. The molecule has 0 atom stereocenters. The highest BCUT2D eigenvalue weighted by atomic mass is 16.5. The van der Waals surface area contributed by atoms with Crippen LogP contribution in [0.25, 0.3) is 0 Å². The number of primary amides is 1. The predicted octanol–water partition coefficient (Wildman–Crippen LogP) is 0.641. The number of hydrogen-bond acceptors (Lipinski definition) is 3. The van der Waals surface area contributed by atoms with Crippen LogP contribution in [0, 0.1) is 0 Å². The molecule has 6 heteroatoms. The van der Waals surface area contributed by atoms with E-state index in [1.807, 2.05) is 0 Å². The Kier molecular flexibility index (Phi) is 3.50. The van der Waals surface area contributed by atoms with E-state index in [-0.39, 0.29) is 0 Å². The summed E-state index contributed by atoms with van der Waals surface area (Å²) in [4.78, 5) is 20.7. The first-order valence-corrected chi connectivity index (χ1v) is 4.09. The predicted molar refractivity (Wildman–Crippen MR) is 52.8 cm³/mol. The number of aliphatic carboxylic acids is 1. The molecule has 0 spiro atoms. The lowest BCUT2D eigenvalue weighted by Crippen LogP contribution is -2.19. The summed E-state index contributed by atoms with van der Waals surface area (Å²) in [7, 11) is 0. The molecule has 1 rings (SSSR count). The molecule has 4 N–H and O–H groups in total. The van der Waals surface area contributed by atoms with Gasteiger partial charge in [0.25, 0.3) is 0 Å². The summed E-state index contributed by atoms with van der Waals surface area (Å²) < 4.78 is 4.88. The third-order valence-corrected chi connectivity index (χ3v) is 1.48. The quantitative estimate of drug-likeness (QED) is 0.678. The van der Waals surface area contributed by atoms with Gasteiger partial charge in [0.1, 0.15) is 5.75 Å². The van der Waals surface area contributed by atoms with E-state index in [0.29, 0.717) is 11.4 Å². The number of hydrogen-bond donors (Lipinski definition) is 3. The number of nitrogens with two attached hydrogens (primary N) is 1. The van der Waals surface area contributed by atoms with E-state index in [4.69, 9.17) is 15.6 Å². The van der Waals surface area contributed by atoms with E-state index in [0.717, 1.165) is 0 Å². The molecule has 15 heavy (non-hydrogen) atoms. The third-order valence-electron chi connectivity index (χ3n) is 1.48. The lowest BCUT2D eigenvalue weighted by molar-refractivity contribution is -0.139. The molecule has 0 heterocycles. The van der Waals surface area contributed by atoms with Gasteiger partial charge in [-0.1, -0.05) is 0 Å². The monoisotopic (exact) mass is 210 g/mol. The van der Waals surface area contributed by atoms with Crippen molar-refractivity contribution in [2.75, 3.05) is 11.9 Å². The van der Waals surface area contributed by atoms with Crippen molar-refractivity contribution in [3.05, 3.63) is 24.3 Å². The van der Waals surface area contributed by atoms with E-state index in [1.165, 1.54) is 12.1 Å². The van der Waals surface area contributed by atoms with Gasteiger partial charge in [-0.3, -0.25) is 0 Å². The molecular weight excluding hydrogens is 200 g/mol. The van der Waals surface area contributed by atoms with Gasteiger partial charge >= 0.3 is 12.0 Å². The second-order valence-corrected chi connectivity index (χ2v) is 2.70. The van der Waals surface area contributed by atoms with Crippen molar-refractivity contribution in [1.82, 2.24) is 0 Å². The minimum absolute atomic E-state index is 0.400. The van der Waals surface area contributed by atoms with Gasteiger partial charge in [0.15, 0.2) is 6.61 Å².